The van der Waals surface area contributed by atoms with E-state index < -0.39 is 23.4 Å². The van der Waals surface area contributed by atoms with Crippen LogP contribution in [0.1, 0.15) is 99.5 Å². The molecule has 1 atom stereocenters. The molecule has 1 saturated carbocycles. The van der Waals surface area contributed by atoms with Crippen molar-refractivity contribution in [1.82, 2.24) is 15.5 Å². The summed E-state index contributed by atoms with van der Waals surface area (Å²) < 4.78 is 40.9. The average molecular weight is 576 g/mol. The van der Waals surface area contributed by atoms with E-state index in [1.54, 1.807) is 11.0 Å². The molecule has 41 heavy (non-hydrogen) atoms. The molecular formula is C32H44F3N3O3. The van der Waals surface area contributed by atoms with Gasteiger partial charge in [-0.05, 0) is 43.5 Å². The minimum Gasteiger partial charge on any atom is -0.345 e. The topological polar surface area (TPSA) is 78.5 Å². The molecule has 2 fully saturated rings. The van der Waals surface area contributed by atoms with Crippen molar-refractivity contribution in [3.63, 3.8) is 0 Å². The fourth-order valence-electron chi connectivity index (χ4n) is 4.89. The van der Waals surface area contributed by atoms with Crippen LogP contribution >= 0.6 is 0 Å². The van der Waals surface area contributed by atoms with Crippen molar-refractivity contribution in [3.8, 4) is 0 Å². The van der Waals surface area contributed by atoms with Crippen LogP contribution in [0.3, 0.4) is 0 Å². The molecule has 2 N–H and O–H groups in total. The van der Waals surface area contributed by atoms with E-state index in [4.69, 9.17) is 0 Å². The molecule has 0 spiro atoms. The van der Waals surface area contributed by atoms with Gasteiger partial charge in [-0.15, -0.1) is 0 Å². The predicted octanol–water partition coefficient (Wildman–Crippen LogP) is 6.29. The van der Waals surface area contributed by atoms with Gasteiger partial charge in [-0.1, -0.05) is 64.5 Å². The van der Waals surface area contributed by atoms with Crippen LogP contribution in [0, 0.1) is 17.5 Å². The van der Waals surface area contributed by atoms with E-state index in [-0.39, 0.29) is 48.4 Å². The van der Waals surface area contributed by atoms with E-state index >= 15 is 0 Å². The van der Waals surface area contributed by atoms with Gasteiger partial charge >= 0.3 is 0 Å². The Bertz CT molecular complexity index is 1130. The number of carbonyl (C=O) groups is 3. The van der Waals surface area contributed by atoms with Crippen molar-refractivity contribution >= 4 is 17.6 Å². The fraction of sp³-hybridized carbons (Fsp3) is 0.531. The molecule has 0 bridgehead atoms. The van der Waals surface area contributed by atoms with Gasteiger partial charge in [0.25, 0.3) is 5.91 Å². The average Bonchev–Trinajstić information content (AvgIpc) is 2.99. The molecule has 2 aromatic rings. The molecular weight excluding hydrogens is 531 g/mol. The van der Waals surface area contributed by atoms with Crippen LogP contribution < -0.4 is 10.6 Å². The minimum atomic E-state index is -0.680. The van der Waals surface area contributed by atoms with Crippen LogP contribution in [0.5, 0.6) is 0 Å². The molecule has 9 heteroatoms. The van der Waals surface area contributed by atoms with Crippen molar-refractivity contribution in [2.24, 2.45) is 0 Å². The highest BCUT2D eigenvalue weighted by Gasteiger charge is 2.26. The van der Waals surface area contributed by atoms with E-state index in [1.807, 2.05) is 13.8 Å². The summed E-state index contributed by atoms with van der Waals surface area (Å²) in [5.41, 5.74) is 0.867. The number of hydrogen-bond acceptors (Lipinski definition) is 4. The van der Waals surface area contributed by atoms with Crippen molar-refractivity contribution in [3.05, 3.63) is 70.5 Å². The third-order valence-electron chi connectivity index (χ3n) is 7.09. The number of benzene rings is 2. The lowest BCUT2D eigenvalue weighted by molar-refractivity contribution is -0.131. The molecule has 226 valence electrons. The molecule has 1 aliphatic heterocycles. The van der Waals surface area contributed by atoms with E-state index in [1.165, 1.54) is 63.6 Å². The molecule has 2 aliphatic rings. The zero-order valence-corrected chi connectivity index (χ0v) is 24.5. The first-order chi connectivity index (χ1) is 19.7. The van der Waals surface area contributed by atoms with Gasteiger partial charge in [0.05, 0.1) is 18.7 Å². The standard InChI is InChI=1S/C24H26F3N3O3.C6H12.C2H6/c1-15(31)11-29-24(33)20-9-16(5-7-21(20)26)18-3-2-8-30(14-18)23(32)13-28-12-17-4-6-19(25)10-22(17)27;1-2-4-6-5-3-1;1-2/h4-7,9-10,18,28H,2-3,8,11-14H2,1H3,(H,29,33);1-6H2;1-2H3. The summed E-state index contributed by atoms with van der Waals surface area (Å²) >= 11 is 0. The van der Waals surface area contributed by atoms with Crippen LogP contribution in [-0.2, 0) is 16.1 Å². The first-order valence-corrected chi connectivity index (χ1v) is 14.7. The number of rotatable bonds is 8. The normalized spacial score (nSPS) is 16.4. The second-order valence-corrected chi connectivity index (χ2v) is 10.3. The zero-order valence-electron chi connectivity index (χ0n) is 24.5. The maximum Gasteiger partial charge on any atom is 0.254 e. The number of nitrogens with zero attached hydrogens (tertiary/aromatic N) is 1. The van der Waals surface area contributed by atoms with E-state index in [0.717, 1.165) is 30.5 Å². The van der Waals surface area contributed by atoms with Crippen molar-refractivity contribution in [1.29, 1.82) is 0 Å². The highest BCUT2D eigenvalue weighted by molar-refractivity contribution is 5.96. The van der Waals surface area contributed by atoms with Crippen molar-refractivity contribution < 1.29 is 27.6 Å². The van der Waals surface area contributed by atoms with Gasteiger partial charge < -0.3 is 15.5 Å². The molecule has 6 nitrogen and oxygen atoms in total. The lowest BCUT2D eigenvalue weighted by Gasteiger charge is -2.33. The van der Waals surface area contributed by atoms with Crippen LogP contribution in [0.2, 0.25) is 0 Å². The molecule has 1 aliphatic carbocycles. The van der Waals surface area contributed by atoms with Crippen LogP contribution in [-0.4, -0.2) is 48.7 Å². The number of piperidine rings is 1. The lowest BCUT2D eigenvalue weighted by Crippen LogP contribution is -2.43. The third kappa shape index (κ3) is 11.7. The van der Waals surface area contributed by atoms with Crippen molar-refractivity contribution in [2.45, 2.75) is 84.6 Å². The molecule has 2 amide bonds. The van der Waals surface area contributed by atoms with E-state index in [0.29, 0.717) is 13.1 Å². The maximum absolute atomic E-state index is 14.2. The first kappa shape index (κ1) is 34.0. The number of nitrogens with one attached hydrogen (secondary N) is 2. The Labute approximate surface area is 242 Å². The number of likely N-dealkylation sites (tertiary alicyclic amines) is 1. The smallest absolute Gasteiger partial charge is 0.254 e. The monoisotopic (exact) mass is 575 g/mol. The van der Waals surface area contributed by atoms with Gasteiger partial charge in [0.15, 0.2) is 0 Å². The molecule has 2 aromatic carbocycles. The lowest BCUT2D eigenvalue weighted by atomic mass is 9.89. The highest BCUT2D eigenvalue weighted by Crippen LogP contribution is 2.28. The number of halogens is 3. The summed E-state index contributed by atoms with van der Waals surface area (Å²) in [6, 6.07) is 7.58. The Balaban J connectivity index is 0.000000640. The Kier molecular flexibility index (Phi) is 15.2. The van der Waals surface area contributed by atoms with Gasteiger partial charge in [-0.2, -0.15) is 0 Å². The highest BCUT2D eigenvalue weighted by atomic mass is 19.1. The summed E-state index contributed by atoms with van der Waals surface area (Å²) in [4.78, 5) is 37.6. The number of amides is 2. The summed E-state index contributed by atoms with van der Waals surface area (Å²) in [6.07, 6.45) is 10.5. The largest absolute Gasteiger partial charge is 0.345 e. The van der Waals surface area contributed by atoms with Gasteiger partial charge in [-0.25, -0.2) is 13.2 Å². The number of ketones is 1. The van der Waals surface area contributed by atoms with Crippen LogP contribution in [0.15, 0.2) is 36.4 Å². The Morgan fingerprint density at radius 1 is 0.854 bits per heavy atom. The zero-order chi connectivity index (χ0) is 30.2. The maximum atomic E-state index is 14.2. The minimum absolute atomic E-state index is 0.00828. The van der Waals surface area contributed by atoms with E-state index in [2.05, 4.69) is 10.6 Å². The number of Topliss-reactive ketones (excluding diaryl/α,β-unsaturated/α-hetero) is 1. The van der Waals surface area contributed by atoms with Crippen molar-refractivity contribution in [2.75, 3.05) is 26.2 Å². The Morgan fingerprint density at radius 2 is 1.51 bits per heavy atom. The Hall–Kier alpha value is -3.20. The van der Waals surface area contributed by atoms with Crippen LogP contribution in [0.25, 0.3) is 0 Å². The van der Waals surface area contributed by atoms with Gasteiger partial charge in [0.1, 0.15) is 23.2 Å². The number of carbonyl (C=O) groups excluding carboxylic acids is 3. The molecule has 1 heterocycles. The van der Waals surface area contributed by atoms with Gasteiger partial charge in [0, 0.05) is 37.2 Å². The predicted molar refractivity (Wildman–Crippen MR) is 155 cm³/mol. The molecule has 0 aromatic heterocycles. The summed E-state index contributed by atoms with van der Waals surface area (Å²) in [5.74, 6) is -3.15. The van der Waals surface area contributed by atoms with Crippen LogP contribution in [0.4, 0.5) is 13.2 Å². The Morgan fingerprint density at radius 3 is 2.12 bits per heavy atom. The van der Waals surface area contributed by atoms with Gasteiger partial charge in [0.2, 0.25) is 5.91 Å². The summed E-state index contributed by atoms with van der Waals surface area (Å²) in [7, 11) is 0. The molecule has 4 rings (SSSR count). The number of hydrogen-bond donors (Lipinski definition) is 2. The first-order valence-electron chi connectivity index (χ1n) is 14.7. The molecule has 1 unspecified atom stereocenters. The summed E-state index contributed by atoms with van der Waals surface area (Å²) in [5, 5.41) is 5.28. The molecule has 0 radical (unpaired) electrons. The summed E-state index contributed by atoms with van der Waals surface area (Å²) in [6.45, 7) is 6.20. The molecule has 1 saturated heterocycles. The second kappa shape index (κ2) is 18.3. The SMILES string of the molecule is C1CCCCC1.CC.CC(=O)CNC(=O)c1cc(C2CCCN(C(=O)CNCc3ccc(F)cc3F)C2)ccc1F. The third-order valence-corrected chi connectivity index (χ3v) is 7.09. The second-order valence-electron chi connectivity index (χ2n) is 10.3. The quantitative estimate of drug-likeness (QED) is 0.388. The fourth-order valence-corrected chi connectivity index (χ4v) is 4.89. The van der Waals surface area contributed by atoms with Gasteiger partial charge in [-0.3, -0.25) is 14.4 Å². The van der Waals surface area contributed by atoms with E-state index in [9.17, 15) is 27.6 Å².